The molecule has 4 rings (SSSR count). The van der Waals surface area contributed by atoms with Gasteiger partial charge in [-0.3, -0.25) is 4.79 Å². The van der Waals surface area contributed by atoms with Crippen molar-refractivity contribution in [1.29, 1.82) is 0 Å². The van der Waals surface area contributed by atoms with Crippen molar-refractivity contribution in [2.45, 2.75) is 36.0 Å². The van der Waals surface area contributed by atoms with Gasteiger partial charge in [0.25, 0.3) is 15.9 Å². The molecule has 0 aliphatic rings. The van der Waals surface area contributed by atoms with Gasteiger partial charge in [0.1, 0.15) is 11.5 Å². The Balaban J connectivity index is 1.70. The molecule has 0 unspecified atom stereocenters. The van der Waals surface area contributed by atoms with Crippen molar-refractivity contribution in [1.82, 2.24) is 4.72 Å². The zero-order valence-corrected chi connectivity index (χ0v) is 25.3. The van der Waals surface area contributed by atoms with Gasteiger partial charge in [-0.05, 0) is 78.4 Å². The lowest BCUT2D eigenvalue weighted by Gasteiger charge is -2.16. The molecule has 0 spiro atoms. The van der Waals surface area contributed by atoms with Gasteiger partial charge in [0, 0.05) is 23.4 Å². The fourth-order valence-corrected chi connectivity index (χ4v) is 6.01. The first-order valence-electron chi connectivity index (χ1n) is 13.4. The predicted molar refractivity (Wildman–Crippen MR) is 162 cm³/mol. The molecule has 220 valence electrons. The number of methoxy groups -OCH3 is 1. The maximum atomic E-state index is 13.4. The Morgan fingerprint density at radius 1 is 0.810 bits per heavy atom. The molecule has 4 aromatic carbocycles. The van der Waals surface area contributed by atoms with E-state index in [1.54, 1.807) is 19.2 Å². The van der Waals surface area contributed by atoms with E-state index in [1.165, 1.54) is 12.1 Å². The van der Waals surface area contributed by atoms with E-state index < -0.39 is 25.8 Å². The summed E-state index contributed by atoms with van der Waals surface area (Å²) in [5.74, 6) is 0.511. The summed E-state index contributed by atoms with van der Waals surface area (Å²) in [6, 6.07) is 25.3. The number of sulfonamides is 1. The second-order valence-electron chi connectivity index (χ2n) is 9.75. The average molecular weight is 608 g/mol. The molecule has 8 nitrogen and oxygen atoms in total. The molecule has 0 heterocycles. The first kappa shape index (κ1) is 30.8. The maximum Gasteiger partial charge on any atom is 0.265 e. The Hall–Kier alpha value is -4.15. The number of benzene rings is 4. The van der Waals surface area contributed by atoms with E-state index in [9.17, 15) is 21.6 Å². The fourth-order valence-electron chi connectivity index (χ4n) is 4.41. The molecule has 1 N–H and O–H groups in total. The lowest BCUT2D eigenvalue weighted by Crippen LogP contribution is -2.31. The van der Waals surface area contributed by atoms with Crippen LogP contribution in [0.25, 0.3) is 11.1 Å². The number of amides is 1. The van der Waals surface area contributed by atoms with E-state index in [0.717, 1.165) is 41.5 Å². The van der Waals surface area contributed by atoms with Crippen LogP contribution in [0.4, 0.5) is 0 Å². The molecule has 0 saturated heterocycles. The Morgan fingerprint density at radius 3 is 2.14 bits per heavy atom. The van der Waals surface area contributed by atoms with Crippen LogP contribution in [-0.2, 0) is 32.7 Å². The molecule has 4 aromatic rings. The number of hydrogen-bond acceptors (Lipinski definition) is 7. The van der Waals surface area contributed by atoms with Gasteiger partial charge >= 0.3 is 0 Å². The third-order valence-corrected chi connectivity index (χ3v) is 9.10. The lowest BCUT2D eigenvalue weighted by molar-refractivity contribution is 0.0980. The fraction of sp³-hybridized carbons (Fsp3) is 0.219. The highest BCUT2D eigenvalue weighted by atomic mass is 32.2. The molecule has 42 heavy (non-hydrogen) atoms. The smallest absolute Gasteiger partial charge is 0.265 e. The average Bonchev–Trinajstić information content (AvgIpc) is 2.98. The minimum Gasteiger partial charge on any atom is -0.497 e. The van der Waals surface area contributed by atoms with Crippen molar-refractivity contribution >= 4 is 25.8 Å². The molecule has 0 aliphatic carbocycles. The number of rotatable bonds is 12. The summed E-state index contributed by atoms with van der Waals surface area (Å²) in [6.07, 6.45) is 2.96. The zero-order chi connectivity index (χ0) is 30.3. The van der Waals surface area contributed by atoms with Crippen LogP contribution in [0.3, 0.4) is 0 Å². The molecule has 0 bridgehead atoms. The van der Waals surface area contributed by atoms with Crippen molar-refractivity contribution in [2.24, 2.45) is 0 Å². The second-order valence-corrected chi connectivity index (χ2v) is 13.4. The van der Waals surface area contributed by atoms with Crippen LogP contribution in [0, 0.1) is 0 Å². The summed E-state index contributed by atoms with van der Waals surface area (Å²) < 4.78 is 63.1. The minimum atomic E-state index is -4.27. The molecule has 0 aliphatic heterocycles. The SMILES string of the molecule is CCCOc1cc(OC)ccc1-c1ccc(C(=O)NS(=O)(=O)c2ccc(S(C)(=O)=O)cc2)c(CCc2ccccc2)c1. The van der Waals surface area contributed by atoms with Gasteiger partial charge in [-0.1, -0.05) is 49.4 Å². The Kier molecular flexibility index (Phi) is 9.70. The molecule has 0 aromatic heterocycles. The lowest BCUT2D eigenvalue weighted by atomic mass is 9.94. The van der Waals surface area contributed by atoms with Crippen LogP contribution >= 0.6 is 0 Å². The van der Waals surface area contributed by atoms with E-state index in [2.05, 4.69) is 4.72 Å². The van der Waals surface area contributed by atoms with E-state index in [-0.39, 0.29) is 15.4 Å². The van der Waals surface area contributed by atoms with Crippen LogP contribution in [0.5, 0.6) is 11.5 Å². The molecule has 0 saturated carbocycles. The van der Waals surface area contributed by atoms with Gasteiger partial charge in [0.2, 0.25) is 0 Å². The molecule has 0 atom stereocenters. The Bertz CT molecular complexity index is 1770. The summed E-state index contributed by atoms with van der Waals surface area (Å²) >= 11 is 0. The Labute approximate surface area is 247 Å². The monoisotopic (exact) mass is 607 g/mol. The van der Waals surface area contributed by atoms with E-state index in [1.807, 2.05) is 61.5 Å². The van der Waals surface area contributed by atoms with Gasteiger partial charge in [-0.2, -0.15) is 0 Å². The summed E-state index contributed by atoms with van der Waals surface area (Å²) in [5, 5.41) is 0. The first-order valence-corrected chi connectivity index (χ1v) is 16.7. The van der Waals surface area contributed by atoms with Gasteiger partial charge in [0.05, 0.1) is 23.5 Å². The highest BCUT2D eigenvalue weighted by Crippen LogP contribution is 2.35. The van der Waals surface area contributed by atoms with Crippen molar-refractivity contribution in [3.63, 3.8) is 0 Å². The van der Waals surface area contributed by atoms with Gasteiger partial charge in [0.15, 0.2) is 9.84 Å². The van der Waals surface area contributed by atoms with Crippen LogP contribution in [0.2, 0.25) is 0 Å². The topological polar surface area (TPSA) is 116 Å². The van der Waals surface area contributed by atoms with E-state index in [0.29, 0.717) is 36.5 Å². The van der Waals surface area contributed by atoms with Crippen molar-refractivity contribution in [2.75, 3.05) is 20.0 Å². The van der Waals surface area contributed by atoms with Crippen LogP contribution in [0.15, 0.2) is 101 Å². The van der Waals surface area contributed by atoms with Crippen molar-refractivity contribution in [3.8, 4) is 22.6 Å². The van der Waals surface area contributed by atoms with E-state index >= 15 is 0 Å². The number of sulfone groups is 1. The third-order valence-electron chi connectivity index (χ3n) is 6.63. The molecular formula is C32H33NO7S2. The zero-order valence-electron chi connectivity index (χ0n) is 23.7. The Morgan fingerprint density at radius 2 is 1.50 bits per heavy atom. The summed E-state index contributed by atoms with van der Waals surface area (Å²) in [5.41, 5.74) is 3.58. The van der Waals surface area contributed by atoms with Crippen LogP contribution < -0.4 is 14.2 Å². The quantitative estimate of drug-likeness (QED) is 0.227. The largest absolute Gasteiger partial charge is 0.497 e. The van der Waals surface area contributed by atoms with E-state index in [4.69, 9.17) is 9.47 Å². The minimum absolute atomic E-state index is 0.0209. The van der Waals surface area contributed by atoms with Gasteiger partial charge in [-0.15, -0.1) is 0 Å². The number of ether oxygens (including phenoxy) is 2. The predicted octanol–water partition coefficient (Wildman–Crippen LogP) is 5.46. The maximum absolute atomic E-state index is 13.4. The summed E-state index contributed by atoms with van der Waals surface area (Å²) in [6.45, 7) is 2.54. The second kappa shape index (κ2) is 13.2. The summed E-state index contributed by atoms with van der Waals surface area (Å²) in [7, 11) is -6.19. The number of nitrogens with one attached hydrogen (secondary N) is 1. The normalized spacial score (nSPS) is 11.6. The third kappa shape index (κ3) is 7.57. The highest BCUT2D eigenvalue weighted by molar-refractivity contribution is 7.91. The number of aryl methyl sites for hydroxylation is 2. The molecule has 0 radical (unpaired) electrons. The van der Waals surface area contributed by atoms with Crippen molar-refractivity contribution in [3.05, 3.63) is 108 Å². The molecule has 1 amide bonds. The van der Waals surface area contributed by atoms with Gasteiger partial charge < -0.3 is 9.47 Å². The standard InChI is InChI=1S/C32H33NO7S2/c1-4-20-40-31-22-26(39-2)13-19-29(31)24-12-18-30(25(21-24)11-10-23-8-6-5-7-9-23)32(34)33-42(37,38)28-16-14-27(15-17-28)41(3,35)36/h5-9,12-19,21-22H,4,10-11,20H2,1-3H3,(H,33,34). The molecule has 10 heteroatoms. The summed E-state index contributed by atoms with van der Waals surface area (Å²) in [4.78, 5) is 13.2. The highest BCUT2D eigenvalue weighted by Gasteiger charge is 2.22. The number of hydrogen-bond donors (Lipinski definition) is 1. The van der Waals surface area contributed by atoms with Crippen molar-refractivity contribution < 1.29 is 31.1 Å². The molecule has 0 fully saturated rings. The van der Waals surface area contributed by atoms with Crippen LogP contribution in [-0.4, -0.2) is 42.7 Å². The number of carbonyl (C=O) groups excluding carboxylic acids is 1. The molecular weight excluding hydrogens is 574 g/mol. The van der Waals surface area contributed by atoms with Gasteiger partial charge in [-0.25, -0.2) is 21.6 Å². The van der Waals surface area contributed by atoms with Crippen LogP contribution in [0.1, 0.15) is 34.8 Å². The number of carbonyl (C=O) groups is 1. The first-order chi connectivity index (χ1) is 20.0.